The molecule has 0 spiro atoms. The van der Waals surface area contributed by atoms with Gasteiger partial charge in [-0.05, 0) is 59.0 Å². The van der Waals surface area contributed by atoms with Gasteiger partial charge in [0.25, 0.3) is 5.91 Å². The Hall–Kier alpha value is -3.90. The lowest BCUT2D eigenvalue weighted by molar-refractivity contribution is -0.146. The average Bonchev–Trinajstić information content (AvgIpc) is 2.89. The van der Waals surface area contributed by atoms with E-state index in [1.807, 2.05) is 32.9 Å². The zero-order chi connectivity index (χ0) is 30.5. The van der Waals surface area contributed by atoms with Crippen LogP contribution in [0, 0.1) is 0 Å². The van der Waals surface area contributed by atoms with Gasteiger partial charge in [-0.1, -0.05) is 61.0 Å². The van der Waals surface area contributed by atoms with Crippen molar-refractivity contribution in [3.8, 4) is 0 Å². The summed E-state index contributed by atoms with van der Waals surface area (Å²) in [5.41, 5.74) is 1.19. The molecule has 1 unspecified atom stereocenters. The second-order valence-corrected chi connectivity index (χ2v) is 11.2. The summed E-state index contributed by atoms with van der Waals surface area (Å²) in [6.45, 7) is 5.66. The summed E-state index contributed by atoms with van der Waals surface area (Å²) >= 11 is 3.06. The molecule has 0 saturated heterocycles. The molecule has 0 bridgehead atoms. The van der Waals surface area contributed by atoms with E-state index in [4.69, 9.17) is 5.11 Å². The fourth-order valence-electron chi connectivity index (χ4n) is 3.76. The Kier molecular flexibility index (Phi) is 9.82. The molecule has 0 heterocycles. The van der Waals surface area contributed by atoms with E-state index in [1.165, 1.54) is 23.1 Å². The van der Waals surface area contributed by atoms with Gasteiger partial charge in [0.15, 0.2) is 6.10 Å². The first kappa shape index (κ1) is 31.6. The molecule has 0 saturated carbocycles. The Bertz CT molecular complexity index is 1410. The summed E-state index contributed by atoms with van der Waals surface area (Å²) in [6, 6.07) is 15.8. The highest BCUT2D eigenvalue weighted by atomic mass is 79.9. The molecule has 0 aromatic heterocycles. The van der Waals surface area contributed by atoms with Crippen LogP contribution in [0.3, 0.4) is 0 Å². The van der Waals surface area contributed by atoms with E-state index in [-0.39, 0.29) is 27.7 Å². The van der Waals surface area contributed by atoms with E-state index < -0.39 is 42.3 Å². The maximum Gasteiger partial charge on any atom is 0.416 e. The van der Waals surface area contributed by atoms with Crippen LogP contribution >= 0.6 is 15.9 Å². The highest BCUT2D eigenvalue weighted by Gasteiger charge is 2.31. The first-order valence-electron chi connectivity index (χ1n) is 12.4. The molecule has 8 nitrogen and oxygen atoms in total. The van der Waals surface area contributed by atoms with Crippen LogP contribution in [0.2, 0.25) is 0 Å². The topological polar surface area (TPSA) is 119 Å². The number of hydrogen-bond donors (Lipinski definition) is 4. The largest absolute Gasteiger partial charge is 0.479 e. The molecule has 1 atom stereocenters. The second-order valence-electron chi connectivity index (χ2n) is 10.3. The predicted octanol–water partition coefficient (Wildman–Crippen LogP) is 6.18. The Morgan fingerprint density at radius 1 is 0.927 bits per heavy atom. The third kappa shape index (κ3) is 8.79. The number of benzene rings is 3. The van der Waals surface area contributed by atoms with E-state index in [0.717, 1.165) is 17.7 Å². The van der Waals surface area contributed by atoms with Crippen LogP contribution in [0.15, 0.2) is 71.2 Å². The van der Waals surface area contributed by atoms with Crippen molar-refractivity contribution in [1.29, 1.82) is 0 Å². The minimum Gasteiger partial charge on any atom is -0.479 e. The number of carboxylic acids is 1. The van der Waals surface area contributed by atoms with Crippen molar-refractivity contribution in [2.24, 2.45) is 0 Å². The highest BCUT2D eigenvalue weighted by Crippen LogP contribution is 2.34. The Morgan fingerprint density at radius 2 is 1.54 bits per heavy atom. The monoisotopic (exact) mass is 635 g/mol. The smallest absolute Gasteiger partial charge is 0.416 e. The van der Waals surface area contributed by atoms with Crippen molar-refractivity contribution in [1.82, 2.24) is 5.32 Å². The van der Waals surface area contributed by atoms with Crippen LogP contribution in [-0.4, -0.2) is 40.8 Å². The van der Waals surface area contributed by atoms with Gasteiger partial charge in [0.05, 0.1) is 18.7 Å². The number of carbonyl (C=O) groups excluding carboxylic acids is 2. The van der Waals surface area contributed by atoms with Crippen molar-refractivity contribution in [3.05, 3.63) is 93.5 Å². The summed E-state index contributed by atoms with van der Waals surface area (Å²) in [5, 5.41) is 23.0. The minimum atomic E-state index is -4.61. The molecule has 0 aliphatic rings. The highest BCUT2D eigenvalue weighted by molar-refractivity contribution is 9.10. The number of nitrogens with zero attached hydrogens (tertiary/aromatic N) is 1. The van der Waals surface area contributed by atoms with Crippen molar-refractivity contribution in [2.45, 2.75) is 45.0 Å². The number of anilines is 2. The van der Waals surface area contributed by atoms with Crippen LogP contribution in [-0.2, 0) is 22.9 Å². The van der Waals surface area contributed by atoms with Gasteiger partial charge in [-0.2, -0.15) is 13.2 Å². The molecule has 3 aromatic rings. The fourth-order valence-corrected chi connectivity index (χ4v) is 4.25. The first-order valence-corrected chi connectivity index (χ1v) is 13.2. The molecule has 0 aliphatic heterocycles. The number of amides is 3. The normalized spacial score (nSPS) is 12.4. The van der Waals surface area contributed by atoms with Crippen molar-refractivity contribution < 1.29 is 37.8 Å². The van der Waals surface area contributed by atoms with Gasteiger partial charge in [-0.25, -0.2) is 9.59 Å². The van der Waals surface area contributed by atoms with Crippen LogP contribution in [0.4, 0.5) is 29.3 Å². The lowest BCUT2D eigenvalue weighted by Gasteiger charge is -2.25. The third-order valence-electron chi connectivity index (χ3n) is 6.06. The maximum absolute atomic E-state index is 13.4. The van der Waals surface area contributed by atoms with Gasteiger partial charge in [-0.15, -0.1) is 0 Å². The molecule has 3 aromatic carbocycles. The summed E-state index contributed by atoms with van der Waals surface area (Å²) in [4.78, 5) is 37.8. The number of rotatable bonds is 8. The van der Waals surface area contributed by atoms with Crippen molar-refractivity contribution in [2.75, 3.05) is 16.8 Å². The SMILES string of the molecule is CC(C)(C)c1ccc(N(Cc2ccc(C(=O)NCC(O)C(=O)O)cc2)C(=O)Nc2cc(Br)cc(C(F)(F)F)c2)cc1. The number of aliphatic hydroxyl groups is 1. The van der Waals surface area contributed by atoms with Gasteiger partial charge in [0.1, 0.15) is 0 Å². The molecule has 0 radical (unpaired) electrons. The van der Waals surface area contributed by atoms with E-state index >= 15 is 0 Å². The number of aliphatic carboxylic acids is 1. The lowest BCUT2D eigenvalue weighted by Crippen LogP contribution is -2.36. The van der Waals surface area contributed by atoms with Crippen LogP contribution in [0.1, 0.15) is 47.8 Å². The Balaban J connectivity index is 1.87. The van der Waals surface area contributed by atoms with E-state index in [1.54, 1.807) is 24.3 Å². The maximum atomic E-state index is 13.4. The Morgan fingerprint density at radius 3 is 2.07 bits per heavy atom. The minimum absolute atomic E-state index is 0.0143. The lowest BCUT2D eigenvalue weighted by atomic mass is 9.87. The summed E-state index contributed by atoms with van der Waals surface area (Å²) in [5.74, 6) is -2.06. The molecule has 3 amide bonds. The number of alkyl halides is 3. The number of aliphatic hydroxyl groups excluding tert-OH is 1. The van der Waals surface area contributed by atoms with Crippen LogP contribution in [0.25, 0.3) is 0 Å². The molecular weight excluding hydrogens is 607 g/mol. The summed E-state index contributed by atoms with van der Waals surface area (Å²) in [7, 11) is 0. The predicted molar refractivity (Wildman–Crippen MR) is 152 cm³/mol. The number of hydrogen-bond acceptors (Lipinski definition) is 4. The van der Waals surface area contributed by atoms with Gasteiger partial charge in [0.2, 0.25) is 0 Å². The standard InChI is InChI=1S/C29H29BrF3N3O5/c1-28(2,3)19-8-10-23(11-9-19)36(27(41)35-22-13-20(29(31,32)33)12-21(30)14-22)16-17-4-6-18(7-5-17)25(38)34-15-24(37)26(39)40/h4-14,24,37H,15-16H2,1-3H3,(H,34,38)(H,35,41)(H,39,40). The average molecular weight is 636 g/mol. The third-order valence-corrected chi connectivity index (χ3v) is 6.52. The van der Waals surface area contributed by atoms with E-state index in [9.17, 15) is 32.7 Å². The second kappa shape index (κ2) is 12.7. The molecule has 12 heteroatoms. The zero-order valence-corrected chi connectivity index (χ0v) is 24.0. The van der Waals surface area contributed by atoms with Crippen molar-refractivity contribution in [3.63, 3.8) is 0 Å². The molecule has 218 valence electrons. The molecule has 3 rings (SSSR count). The molecule has 0 fully saturated rings. The Labute approximate surface area is 243 Å². The fraction of sp³-hybridized carbons (Fsp3) is 0.276. The summed E-state index contributed by atoms with van der Waals surface area (Å²) < 4.78 is 40.1. The quantitative estimate of drug-likeness (QED) is 0.236. The molecule has 41 heavy (non-hydrogen) atoms. The number of nitrogens with one attached hydrogen (secondary N) is 2. The summed E-state index contributed by atoms with van der Waals surface area (Å²) in [6.07, 6.45) is -6.35. The molecule has 0 aliphatic carbocycles. The van der Waals surface area contributed by atoms with Gasteiger partial charge in [0, 0.05) is 21.4 Å². The van der Waals surface area contributed by atoms with Crippen molar-refractivity contribution >= 4 is 45.2 Å². The van der Waals surface area contributed by atoms with E-state index in [0.29, 0.717) is 11.3 Å². The number of carbonyl (C=O) groups is 3. The number of carboxylic acid groups (broad SMARTS) is 1. The van der Waals surface area contributed by atoms with E-state index in [2.05, 4.69) is 26.6 Å². The van der Waals surface area contributed by atoms with Crippen LogP contribution < -0.4 is 15.5 Å². The number of urea groups is 1. The molecule has 4 N–H and O–H groups in total. The van der Waals surface area contributed by atoms with Gasteiger partial charge >= 0.3 is 18.2 Å². The zero-order valence-electron chi connectivity index (χ0n) is 22.4. The van der Waals surface area contributed by atoms with Gasteiger partial charge in [-0.3, -0.25) is 9.69 Å². The molecular formula is C29H29BrF3N3O5. The first-order chi connectivity index (χ1) is 19.0. The van der Waals surface area contributed by atoms with Gasteiger partial charge < -0.3 is 20.8 Å². The number of halogens is 4. The van der Waals surface area contributed by atoms with Crippen LogP contribution in [0.5, 0.6) is 0 Å².